The summed E-state index contributed by atoms with van der Waals surface area (Å²) in [5, 5.41) is 9.28. The van der Waals surface area contributed by atoms with Gasteiger partial charge in [0, 0.05) is 10.7 Å². The SMILES string of the molecule is N#Cc1cc(COc2ccc(Br)cc2Cl)ccn1. The maximum absolute atomic E-state index is 8.74. The number of nitriles is 1. The molecule has 2 aromatic rings. The Hall–Kier alpha value is -1.57. The van der Waals surface area contributed by atoms with Gasteiger partial charge in [0.1, 0.15) is 24.1 Å². The zero-order valence-electron chi connectivity index (χ0n) is 9.23. The summed E-state index contributed by atoms with van der Waals surface area (Å²) in [7, 11) is 0. The van der Waals surface area contributed by atoms with Crippen LogP contribution in [0.2, 0.25) is 5.02 Å². The first kappa shape index (κ1) is 12.9. The van der Waals surface area contributed by atoms with Gasteiger partial charge in [-0.1, -0.05) is 27.5 Å². The molecule has 90 valence electrons. The van der Waals surface area contributed by atoms with Gasteiger partial charge in [-0.2, -0.15) is 5.26 Å². The molecular weight excluding hydrogens is 316 g/mol. The van der Waals surface area contributed by atoms with E-state index in [0.717, 1.165) is 10.0 Å². The van der Waals surface area contributed by atoms with Gasteiger partial charge >= 0.3 is 0 Å². The van der Waals surface area contributed by atoms with Crippen LogP contribution in [0.3, 0.4) is 0 Å². The molecule has 5 heteroatoms. The van der Waals surface area contributed by atoms with E-state index in [-0.39, 0.29) is 0 Å². The van der Waals surface area contributed by atoms with Crippen molar-refractivity contribution in [3.8, 4) is 11.8 Å². The van der Waals surface area contributed by atoms with E-state index in [1.54, 1.807) is 30.5 Å². The first-order valence-corrected chi connectivity index (χ1v) is 6.29. The fourth-order valence-electron chi connectivity index (χ4n) is 1.38. The highest BCUT2D eigenvalue weighted by Crippen LogP contribution is 2.28. The van der Waals surface area contributed by atoms with Crippen LogP contribution >= 0.6 is 27.5 Å². The van der Waals surface area contributed by atoms with Gasteiger partial charge in [-0.3, -0.25) is 0 Å². The Morgan fingerprint density at radius 1 is 1.33 bits per heavy atom. The second kappa shape index (κ2) is 5.85. The molecule has 0 aliphatic heterocycles. The van der Waals surface area contributed by atoms with Gasteiger partial charge < -0.3 is 4.74 Å². The molecule has 0 bridgehead atoms. The first-order valence-electron chi connectivity index (χ1n) is 5.12. The quantitative estimate of drug-likeness (QED) is 0.859. The molecule has 2 rings (SSSR count). The number of nitrogens with zero attached hydrogens (tertiary/aromatic N) is 2. The van der Waals surface area contributed by atoms with Gasteiger partial charge in [0.25, 0.3) is 0 Å². The second-order valence-corrected chi connectivity index (χ2v) is 4.85. The van der Waals surface area contributed by atoms with Crippen LogP contribution in [0.1, 0.15) is 11.3 Å². The van der Waals surface area contributed by atoms with Crippen LogP contribution in [0, 0.1) is 11.3 Å². The largest absolute Gasteiger partial charge is 0.487 e. The molecule has 0 aliphatic carbocycles. The topological polar surface area (TPSA) is 45.9 Å². The van der Waals surface area contributed by atoms with Gasteiger partial charge in [0.2, 0.25) is 0 Å². The van der Waals surface area contributed by atoms with Crippen LogP contribution in [-0.2, 0) is 6.61 Å². The van der Waals surface area contributed by atoms with E-state index in [1.807, 2.05) is 12.1 Å². The van der Waals surface area contributed by atoms with Crippen molar-refractivity contribution in [2.75, 3.05) is 0 Å². The van der Waals surface area contributed by atoms with Crippen LogP contribution in [0.15, 0.2) is 41.0 Å². The van der Waals surface area contributed by atoms with Crippen molar-refractivity contribution in [1.29, 1.82) is 5.26 Å². The Kier molecular flexibility index (Phi) is 4.19. The van der Waals surface area contributed by atoms with Gasteiger partial charge in [-0.25, -0.2) is 4.98 Å². The molecule has 0 aliphatic rings. The summed E-state index contributed by atoms with van der Waals surface area (Å²) in [6.45, 7) is 0.346. The normalized spacial score (nSPS) is 9.83. The third-order valence-electron chi connectivity index (χ3n) is 2.23. The lowest BCUT2D eigenvalue weighted by molar-refractivity contribution is 0.306. The van der Waals surface area contributed by atoms with E-state index in [1.165, 1.54) is 0 Å². The number of hydrogen-bond donors (Lipinski definition) is 0. The molecule has 1 aromatic carbocycles. The molecule has 0 saturated carbocycles. The predicted octanol–water partition coefficient (Wildman–Crippen LogP) is 3.95. The Morgan fingerprint density at radius 3 is 2.89 bits per heavy atom. The van der Waals surface area contributed by atoms with Gasteiger partial charge in [-0.15, -0.1) is 0 Å². The second-order valence-electron chi connectivity index (χ2n) is 3.52. The summed E-state index contributed by atoms with van der Waals surface area (Å²) in [5.74, 6) is 0.607. The van der Waals surface area contributed by atoms with Gasteiger partial charge in [-0.05, 0) is 35.9 Å². The number of aromatic nitrogens is 1. The summed E-state index contributed by atoms with van der Waals surface area (Å²) < 4.78 is 6.49. The smallest absolute Gasteiger partial charge is 0.140 e. The Morgan fingerprint density at radius 2 is 2.17 bits per heavy atom. The fourth-order valence-corrected chi connectivity index (χ4v) is 2.11. The first-order chi connectivity index (χ1) is 8.69. The van der Waals surface area contributed by atoms with Crippen molar-refractivity contribution < 1.29 is 4.74 Å². The lowest BCUT2D eigenvalue weighted by Gasteiger charge is -2.08. The Bertz CT molecular complexity index is 610. The fraction of sp³-hybridized carbons (Fsp3) is 0.0769. The number of hydrogen-bond acceptors (Lipinski definition) is 3. The molecule has 0 spiro atoms. The lowest BCUT2D eigenvalue weighted by atomic mass is 10.2. The van der Waals surface area contributed by atoms with E-state index in [2.05, 4.69) is 20.9 Å². The van der Waals surface area contributed by atoms with Crippen LogP contribution in [0.4, 0.5) is 0 Å². The predicted molar refractivity (Wildman–Crippen MR) is 72.4 cm³/mol. The highest BCUT2D eigenvalue weighted by atomic mass is 79.9. The van der Waals surface area contributed by atoms with E-state index < -0.39 is 0 Å². The van der Waals surface area contributed by atoms with Crippen molar-refractivity contribution >= 4 is 27.5 Å². The molecule has 0 N–H and O–H groups in total. The summed E-state index contributed by atoms with van der Waals surface area (Å²) >= 11 is 9.36. The summed E-state index contributed by atoms with van der Waals surface area (Å²) in [5.41, 5.74) is 1.25. The average molecular weight is 324 g/mol. The number of ether oxygens (including phenoxy) is 1. The molecule has 18 heavy (non-hydrogen) atoms. The van der Waals surface area contributed by atoms with Crippen molar-refractivity contribution in [3.63, 3.8) is 0 Å². The zero-order valence-corrected chi connectivity index (χ0v) is 11.6. The average Bonchev–Trinajstić information content (AvgIpc) is 2.38. The Balaban J connectivity index is 2.09. The highest BCUT2D eigenvalue weighted by Gasteiger charge is 2.03. The van der Waals surface area contributed by atoms with E-state index in [4.69, 9.17) is 21.6 Å². The number of halogens is 2. The third kappa shape index (κ3) is 3.22. The molecule has 0 amide bonds. The van der Waals surface area contributed by atoms with Crippen molar-refractivity contribution in [1.82, 2.24) is 4.98 Å². The van der Waals surface area contributed by atoms with Crippen LogP contribution < -0.4 is 4.74 Å². The molecular formula is C13H8BrClN2O. The minimum atomic E-state index is 0.346. The van der Waals surface area contributed by atoms with Crippen molar-refractivity contribution in [3.05, 3.63) is 57.3 Å². The summed E-state index contributed by atoms with van der Waals surface area (Å²) in [6, 6.07) is 10.9. The van der Waals surface area contributed by atoms with E-state index in [9.17, 15) is 0 Å². The maximum Gasteiger partial charge on any atom is 0.140 e. The standard InChI is InChI=1S/C13H8BrClN2O/c14-10-1-2-13(12(15)6-10)18-8-9-3-4-17-11(5-9)7-16/h1-6H,8H2. The number of pyridine rings is 1. The molecule has 3 nitrogen and oxygen atoms in total. The summed E-state index contributed by atoms with van der Waals surface area (Å²) in [4.78, 5) is 3.89. The highest BCUT2D eigenvalue weighted by molar-refractivity contribution is 9.10. The maximum atomic E-state index is 8.74. The van der Waals surface area contributed by atoms with Crippen LogP contribution in [0.5, 0.6) is 5.75 Å². The van der Waals surface area contributed by atoms with E-state index in [0.29, 0.717) is 23.1 Å². The zero-order chi connectivity index (χ0) is 13.0. The van der Waals surface area contributed by atoms with Gasteiger partial charge in [0.05, 0.1) is 5.02 Å². The molecule has 0 unspecified atom stereocenters. The lowest BCUT2D eigenvalue weighted by Crippen LogP contribution is -1.97. The van der Waals surface area contributed by atoms with Crippen LogP contribution in [-0.4, -0.2) is 4.98 Å². The summed E-state index contributed by atoms with van der Waals surface area (Å²) in [6.07, 6.45) is 1.58. The molecule has 0 fully saturated rings. The van der Waals surface area contributed by atoms with Gasteiger partial charge in [0.15, 0.2) is 0 Å². The molecule has 1 aromatic heterocycles. The molecule has 0 atom stereocenters. The number of rotatable bonds is 3. The van der Waals surface area contributed by atoms with E-state index >= 15 is 0 Å². The monoisotopic (exact) mass is 322 g/mol. The molecule has 1 heterocycles. The van der Waals surface area contributed by atoms with Crippen molar-refractivity contribution in [2.24, 2.45) is 0 Å². The molecule has 0 saturated heterocycles. The molecule has 0 radical (unpaired) electrons. The van der Waals surface area contributed by atoms with Crippen LogP contribution in [0.25, 0.3) is 0 Å². The minimum Gasteiger partial charge on any atom is -0.487 e. The minimum absolute atomic E-state index is 0.346. The third-order valence-corrected chi connectivity index (χ3v) is 3.02. The Labute approximate surface area is 118 Å². The van der Waals surface area contributed by atoms with Crippen molar-refractivity contribution in [2.45, 2.75) is 6.61 Å². The number of benzene rings is 1.